The number of nitrogens with one attached hydrogen (secondary N) is 3. The molecule has 0 spiro atoms. The Balaban J connectivity index is 0.000000173. The summed E-state index contributed by atoms with van der Waals surface area (Å²) in [6.07, 6.45) is 23.9. The van der Waals surface area contributed by atoms with Crippen LogP contribution in [-0.4, -0.2) is 190 Å². The Morgan fingerprint density at radius 3 is 1.23 bits per heavy atom. The summed E-state index contributed by atoms with van der Waals surface area (Å²) in [7, 11) is 0. The Morgan fingerprint density at radius 2 is 0.865 bits per heavy atom. The lowest BCUT2D eigenvalue weighted by Gasteiger charge is -2.24. The number of nitrogens with zero attached hydrogens (tertiary/aromatic N) is 11. The van der Waals surface area contributed by atoms with E-state index in [1.165, 1.54) is 43.0 Å². The highest BCUT2D eigenvalue weighted by Gasteiger charge is 2.34. The number of ether oxygens (including phenoxy) is 6. The molecule has 111 heavy (non-hydrogen) atoms. The van der Waals surface area contributed by atoms with Crippen LogP contribution in [-0.2, 0) is 38.3 Å². The smallest absolute Gasteiger partial charge is 0.410 e. The van der Waals surface area contributed by atoms with Gasteiger partial charge < -0.3 is 69.9 Å². The summed E-state index contributed by atoms with van der Waals surface area (Å²) >= 11 is 29.6. The van der Waals surface area contributed by atoms with E-state index < -0.39 is 17.2 Å². The standard InChI is InChI=1S/C22H23ClN4O3.C17H24ClN3O3.C12H16ClN3O.C10H9NO3.C9H18N2O2.C7H6Cl2N2O.ClH/c1-2-20(28)25-16-5-3-15(4-6-16)22(29)27-10-9-14(13-27)11-19-24-12-18(23)21(26-19)30-17-7-8-17;1-17(2,3)24-16(22)21-7-6-11(10-21)8-14-19-9-13(18)15(20-14)23-12-4-5-12;13-10-7-15-11(5-8-3-4-14-6-8)16-12(10)17-9-1-2-9;1-2-9(12)11-8-5-3-7(4-6-8)10(13)14;1-9(2,3)13-8(12)11-5-4-7(10)6-11;8-5-3-10-7(9)11-6(5)12-4-1-2-4;/h2-6,12,14,17H,1,7-11,13H2,(H,25,28);9,11-12H,4-8,10H2,1-3H3;7-9,14H,1-6H2;2-6H,1H2,(H,11,12)(H,13,14);7H,4-6,10H2,1-3H3;3-4H,1-2H2;1H/t14-;11-;8-;;7-;;/m000.1../s1. The van der Waals surface area contributed by atoms with Crippen LogP contribution >= 0.6 is 70.4 Å². The van der Waals surface area contributed by atoms with E-state index in [9.17, 15) is 28.8 Å². The fraction of sp³-hybridized carbons (Fsp3) is 0.506. The zero-order chi connectivity index (χ0) is 79.2. The van der Waals surface area contributed by atoms with Gasteiger partial charge in [0.1, 0.15) is 73.2 Å². The zero-order valence-corrected chi connectivity index (χ0v) is 67.6. The van der Waals surface area contributed by atoms with Crippen molar-refractivity contribution in [3.05, 3.63) is 153 Å². The van der Waals surface area contributed by atoms with Gasteiger partial charge in [-0.3, -0.25) is 14.4 Å². The van der Waals surface area contributed by atoms with Crippen molar-refractivity contribution < 1.29 is 62.3 Å². The van der Waals surface area contributed by atoms with E-state index in [-0.39, 0.29) is 83.4 Å². The van der Waals surface area contributed by atoms with Crippen molar-refractivity contribution in [1.82, 2.24) is 59.9 Å². The molecule has 6 N–H and O–H groups in total. The SMILES string of the molecule is C=CC(=O)Nc1ccc(C(=O)N2CC[C@@H](Cc3ncc(Cl)c(OC4CC4)n3)C2)cc1.C=CC(=O)Nc1ccc(C(=O)O)cc1.CC(C)(C)OC(=O)N1CC[C@@H](Cc2ncc(Cl)c(OC3CC3)n2)C1.CC(C)(C)OC(=O)N1CC[C@@H](N)C1.Cl.Clc1cnc(C[C@@H]2CCNC2)nc1OC1CC1.Clc1ncc(Cl)c(OC2CC2)n1. The molecule has 14 rings (SSSR count). The van der Waals surface area contributed by atoms with Crippen molar-refractivity contribution >= 4 is 118 Å². The first-order valence-electron chi connectivity index (χ1n) is 36.8. The average Bonchev–Trinajstić information content (AvgIpc) is 1.74. The molecule has 8 fully saturated rings. The van der Waals surface area contributed by atoms with Gasteiger partial charge >= 0.3 is 18.2 Å². The number of carboxylic acids is 1. The fourth-order valence-corrected chi connectivity index (χ4v) is 11.7. The van der Waals surface area contributed by atoms with Crippen LogP contribution in [0.2, 0.25) is 25.4 Å². The summed E-state index contributed by atoms with van der Waals surface area (Å²) in [6, 6.07) is 12.9. The largest absolute Gasteiger partial charge is 0.478 e. The number of rotatable bonds is 20. The van der Waals surface area contributed by atoms with Crippen LogP contribution in [0.15, 0.2) is 98.6 Å². The van der Waals surface area contributed by atoms with Gasteiger partial charge in [0.2, 0.25) is 40.6 Å². The maximum atomic E-state index is 12.8. The fourth-order valence-electron chi connectivity index (χ4n) is 11.1. The predicted octanol–water partition coefficient (Wildman–Crippen LogP) is 14.0. The van der Waals surface area contributed by atoms with Crippen LogP contribution in [0.25, 0.3) is 0 Å². The number of carbonyl (C=O) groups is 6. The van der Waals surface area contributed by atoms with E-state index >= 15 is 0 Å². The summed E-state index contributed by atoms with van der Waals surface area (Å²) in [5.74, 6) is 3.77. The first-order valence-corrected chi connectivity index (χ1v) is 38.7. The number of nitrogens with two attached hydrogens (primary N) is 1. The molecule has 4 aliphatic heterocycles. The number of amides is 5. The van der Waals surface area contributed by atoms with E-state index in [4.69, 9.17) is 97.3 Å². The van der Waals surface area contributed by atoms with Gasteiger partial charge in [-0.05, 0) is 222 Å². The predicted molar refractivity (Wildman–Crippen MR) is 425 cm³/mol. The van der Waals surface area contributed by atoms with E-state index in [1.54, 1.807) is 52.7 Å². The minimum Gasteiger partial charge on any atom is -0.478 e. The number of carbonyl (C=O) groups excluding carboxylic acids is 5. The highest BCUT2D eigenvalue weighted by atomic mass is 35.5. The highest BCUT2D eigenvalue weighted by Crippen LogP contribution is 2.35. The summed E-state index contributed by atoms with van der Waals surface area (Å²) in [5, 5.41) is 19.1. The van der Waals surface area contributed by atoms with Gasteiger partial charge in [-0.1, -0.05) is 59.6 Å². The molecule has 8 aliphatic rings. The molecule has 0 radical (unpaired) electrons. The second-order valence-electron chi connectivity index (χ2n) is 29.7. The molecule has 4 saturated heterocycles. The Morgan fingerprint density at radius 1 is 0.505 bits per heavy atom. The molecular weight excluding hydrogens is 1560 g/mol. The van der Waals surface area contributed by atoms with E-state index in [2.05, 4.69) is 69.0 Å². The molecular formula is C77H97Cl6N15O13. The van der Waals surface area contributed by atoms with Crippen LogP contribution in [0.3, 0.4) is 0 Å². The Kier molecular flexibility index (Phi) is 33.2. The first-order chi connectivity index (χ1) is 52.4. The van der Waals surface area contributed by atoms with E-state index in [1.807, 2.05) is 46.4 Å². The number of halogens is 6. The van der Waals surface area contributed by atoms with Crippen molar-refractivity contribution in [2.24, 2.45) is 23.5 Å². The molecule has 0 bridgehead atoms. The first kappa shape index (κ1) is 88.1. The quantitative estimate of drug-likeness (QED) is 0.0350. The van der Waals surface area contributed by atoms with Gasteiger partial charge in [-0.25, -0.2) is 34.3 Å². The molecule has 34 heteroatoms. The maximum Gasteiger partial charge on any atom is 0.410 e. The lowest BCUT2D eigenvalue weighted by molar-refractivity contribution is -0.112. The lowest BCUT2D eigenvalue weighted by atomic mass is 10.0. The minimum atomic E-state index is -0.994. The number of anilines is 2. The second kappa shape index (κ2) is 41.9. The molecule has 4 saturated carbocycles. The topological polar surface area (TPSA) is 353 Å². The van der Waals surface area contributed by atoms with Gasteiger partial charge in [-0.2, -0.15) is 19.9 Å². The molecule has 4 atom stereocenters. The molecule has 8 heterocycles. The van der Waals surface area contributed by atoms with E-state index in [0.717, 1.165) is 109 Å². The Bertz CT molecular complexity index is 4140. The summed E-state index contributed by atoms with van der Waals surface area (Å²) in [6.45, 7) is 24.1. The van der Waals surface area contributed by atoms with E-state index in [0.29, 0.717) is 136 Å². The van der Waals surface area contributed by atoms with Crippen LogP contribution in [0.5, 0.6) is 23.5 Å². The molecule has 5 amide bonds. The highest BCUT2D eigenvalue weighted by molar-refractivity contribution is 6.33. The number of likely N-dealkylation sites (tertiary alicyclic amines) is 3. The normalized spacial score (nSPS) is 18.8. The lowest BCUT2D eigenvalue weighted by Crippen LogP contribution is -2.36. The molecule has 4 aliphatic carbocycles. The second-order valence-corrected chi connectivity index (χ2v) is 31.6. The number of benzene rings is 2. The third kappa shape index (κ3) is 31.2. The molecule has 600 valence electrons. The number of hydrogen-bond donors (Lipinski definition) is 5. The van der Waals surface area contributed by atoms with Gasteiger partial charge in [0.15, 0.2) is 0 Å². The van der Waals surface area contributed by atoms with Crippen molar-refractivity contribution in [3.63, 3.8) is 0 Å². The van der Waals surface area contributed by atoms with Crippen LogP contribution in [0.1, 0.15) is 157 Å². The van der Waals surface area contributed by atoms with Crippen molar-refractivity contribution in [3.8, 4) is 23.5 Å². The van der Waals surface area contributed by atoms with Gasteiger partial charge in [0.05, 0.1) is 30.4 Å². The summed E-state index contributed by atoms with van der Waals surface area (Å²) in [4.78, 5) is 108. The summed E-state index contributed by atoms with van der Waals surface area (Å²) < 4.78 is 33.1. The molecule has 28 nitrogen and oxygen atoms in total. The monoisotopic (exact) mass is 1650 g/mol. The average molecular weight is 1650 g/mol. The third-order valence-corrected chi connectivity index (χ3v) is 18.5. The van der Waals surface area contributed by atoms with Crippen molar-refractivity contribution in [1.29, 1.82) is 0 Å². The third-order valence-electron chi connectivity index (χ3n) is 17.3. The molecule has 6 aromatic rings. The molecule has 2 aromatic carbocycles. The Hall–Kier alpha value is -8.48. The zero-order valence-electron chi connectivity index (χ0n) is 63.0. The summed E-state index contributed by atoms with van der Waals surface area (Å²) in [5.41, 5.74) is 6.74. The number of hydrogen-bond acceptors (Lipinski definition) is 22. The molecule has 0 unspecified atom stereocenters. The van der Waals surface area contributed by atoms with Crippen molar-refractivity contribution in [2.75, 3.05) is 63.0 Å². The minimum absolute atomic E-state index is 0. The van der Waals surface area contributed by atoms with Gasteiger partial charge in [0, 0.05) is 81.5 Å². The number of carboxylic acid groups (broad SMARTS) is 1. The maximum absolute atomic E-state index is 12.8. The number of aromatic nitrogens is 8. The number of aromatic carboxylic acids is 1. The van der Waals surface area contributed by atoms with Crippen LogP contribution in [0, 0.1) is 17.8 Å². The van der Waals surface area contributed by atoms with Gasteiger partial charge in [-0.15, -0.1) is 12.4 Å². The van der Waals surface area contributed by atoms with Gasteiger partial charge in [0.25, 0.3) is 5.91 Å². The van der Waals surface area contributed by atoms with Crippen LogP contribution in [0.4, 0.5) is 21.0 Å². The van der Waals surface area contributed by atoms with Crippen LogP contribution < -0.4 is 40.6 Å². The molecule has 4 aromatic heterocycles. The Labute approximate surface area is 677 Å². The van der Waals surface area contributed by atoms with Crippen molar-refractivity contribution in [2.45, 2.75) is 180 Å².